The summed E-state index contributed by atoms with van der Waals surface area (Å²) in [5, 5.41) is 0.304. The van der Waals surface area contributed by atoms with E-state index in [4.69, 9.17) is 27.9 Å². The number of alkyl halides is 1. The highest BCUT2D eigenvalue weighted by Gasteiger charge is 2.24. The first kappa shape index (κ1) is 12.2. The normalized spacial score (nSPS) is 25.7. The van der Waals surface area contributed by atoms with Crippen molar-refractivity contribution in [1.29, 1.82) is 0 Å². The topological polar surface area (TPSA) is 9.23 Å². The van der Waals surface area contributed by atoms with E-state index in [0.717, 1.165) is 25.0 Å². The lowest BCUT2D eigenvalue weighted by Gasteiger charge is -2.27. The van der Waals surface area contributed by atoms with Crippen LogP contribution in [-0.2, 0) is 11.2 Å². The van der Waals surface area contributed by atoms with E-state index in [1.807, 2.05) is 0 Å². The molecule has 0 spiro atoms. The number of rotatable bonds is 2. The minimum atomic E-state index is -0.382. The van der Waals surface area contributed by atoms with Crippen LogP contribution in [0.25, 0.3) is 0 Å². The lowest BCUT2D eigenvalue weighted by molar-refractivity contribution is 0.0578. The Hall–Kier alpha value is -0.310. The summed E-state index contributed by atoms with van der Waals surface area (Å²) in [6.07, 6.45) is 1.66. The van der Waals surface area contributed by atoms with Crippen LogP contribution in [0.1, 0.15) is 12.0 Å². The van der Waals surface area contributed by atoms with Crippen LogP contribution in [0.15, 0.2) is 18.2 Å². The lowest BCUT2D eigenvalue weighted by Crippen LogP contribution is -2.29. The van der Waals surface area contributed by atoms with Gasteiger partial charge in [0.05, 0.1) is 11.6 Å². The molecular formula is C12H13Cl2FO. The van der Waals surface area contributed by atoms with Crippen LogP contribution in [0.5, 0.6) is 0 Å². The first-order chi connectivity index (χ1) is 7.66. The molecule has 1 saturated heterocycles. The summed E-state index contributed by atoms with van der Waals surface area (Å²) < 4.78 is 18.4. The predicted octanol–water partition coefficient (Wildman–Crippen LogP) is 3.67. The minimum absolute atomic E-state index is 0.137. The first-order valence-corrected chi connectivity index (χ1v) is 6.14. The molecule has 0 aromatic heterocycles. The maximum atomic E-state index is 13.0. The van der Waals surface area contributed by atoms with Crippen molar-refractivity contribution in [2.75, 3.05) is 13.2 Å². The van der Waals surface area contributed by atoms with Gasteiger partial charge in [-0.15, -0.1) is 11.6 Å². The van der Waals surface area contributed by atoms with Crippen molar-refractivity contribution >= 4 is 23.2 Å². The van der Waals surface area contributed by atoms with Gasteiger partial charge in [-0.2, -0.15) is 0 Å². The molecule has 1 aromatic carbocycles. The molecule has 1 aliphatic heterocycles. The van der Waals surface area contributed by atoms with Crippen molar-refractivity contribution in [2.24, 2.45) is 5.92 Å². The molecule has 1 heterocycles. The Labute approximate surface area is 105 Å². The quantitative estimate of drug-likeness (QED) is 0.740. The average Bonchev–Trinajstić information content (AvgIpc) is 2.27. The summed E-state index contributed by atoms with van der Waals surface area (Å²) >= 11 is 11.9. The van der Waals surface area contributed by atoms with E-state index in [-0.39, 0.29) is 22.1 Å². The number of ether oxygens (including phenoxy) is 1. The number of benzene rings is 1. The second-order valence-electron chi connectivity index (χ2n) is 4.09. The summed E-state index contributed by atoms with van der Waals surface area (Å²) in [5.41, 5.74) is 1.01. The molecule has 0 amide bonds. The maximum absolute atomic E-state index is 13.0. The third kappa shape index (κ3) is 2.88. The van der Waals surface area contributed by atoms with Gasteiger partial charge in [0.15, 0.2) is 0 Å². The molecule has 88 valence electrons. The molecule has 0 saturated carbocycles. The fourth-order valence-corrected chi connectivity index (χ4v) is 2.38. The van der Waals surface area contributed by atoms with E-state index in [1.165, 1.54) is 6.07 Å². The summed E-state index contributed by atoms with van der Waals surface area (Å²) in [6, 6.07) is 4.80. The Morgan fingerprint density at radius 1 is 1.44 bits per heavy atom. The molecule has 16 heavy (non-hydrogen) atoms. The van der Waals surface area contributed by atoms with Gasteiger partial charge < -0.3 is 4.74 Å². The van der Waals surface area contributed by atoms with Crippen molar-refractivity contribution < 1.29 is 9.13 Å². The zero-order valence-electron chi connectivity index (χ0n) is 8.76. The highest BCUT2D eigenvalue weighted by molar-refractivity contribution is 6.30. The van der Waals surface area contributed by atoms with Gasteiger partial charge in [-0.25, -0.2) is 4.39 Å². The molecule has 0 aliphatic carbocycles. The van der Waals surface area contributed by atoms with Crippen molar-refractivity contribution in [3.63, 3.8) is 0 Å². The van der Waals surface area contributed by atoms with Crippen LogP contribution in [0.3, 0.4) is 0 Å². The van der Waals surface area contributed by atoms with Crippen molar-refractivity contribution in [3.05, 3.63) is 34.6 Å². The van der Waals surface area contributed by atoms with Crippen molar-refractivity contribution in [3.8, 4) is 0 Å². The molecule has 0 radical (unpaired) electrons. The van der Waals surface area contributed by atoms with Gasteiger partial charge in [0.2, 0.25) is 0 Å². The molecule has 2 rings (SSSR count). The monoisotopic (exact) mass is 262 g/mol. The van der Waals surface area contributed by atoms with Gasteiger partial charge in [0, 0.05) is 17.9 Å². The number of hydrogen-bond acceptors (Lipinski definition) is 1. The molecule has 2 unspecified atom stereocenters. The van der Waals surface area contributed by atoms with Gasteiger partial charge in [0.25, 0.3) is 0 Å². The van der Waals surface area contributed by atoms with Crippen LogP contribution in [0.2, 0.25) is 5.02 Å². The summed E-state index contributed by atoms with van der Waals surface area (Å²) in [4.78, 5) is 0. The Balaban J connectivity index is 2.05. The maximum Gasteiger partial charge on any atom is 0.141 e. The Bertz CT molecular complexity index is 370. The molecule has 1 aromatic rings. The van der Waals surface area contributed by atoms with E-state index < -0.39 is 0 Å². The van der Waals surface area contributed by atoms with Gasteiger partial charge >= 0.3 is 0 Å². The smallest absolute Gasteiger partial charge is 0.141 e. The molecule has 4 heteroatoms. The fourth-order valence-electron chi connectivity index (χ4n) is 1.93. The molecule has 1 aliphatic rings. The van der Waals surface area contributed by atoms with Crippen LogP contribution < -0.4 is 0 Å². The highest BCUT2D eigenvalue weighted by atomic mass is 35.5. The molecular weight excluding hydrogens is 250 g/mol. The molecule has 1 nitrogen and oxygen atoms in total. The van der Waals surface area contributed by atoms with Gasteiger partial charge in [-0.1, -0.05) is 17.7 Å². The van der Waals surface area contributed by atoms with Gasteiger partial charge in [-0.05, 0) is 30.5 Å². The third-order valence-electron chi connectivity index (χ3n) is 2.86. The van der Waals surface area contributed by atoms with E-state index in [9.17, 15) is 4.39 Å². The van der Waals surface area contributed by atoms with Crippen LogP contribution >= 0.6 is 23.2 Å². The van der Waals surface area contributed by atoms with Gasteiger partial charge in [-0.3, -0.25) is 0 Å². The van der Waals surface area contributed by atoms with E-state index in [1.54, 1.807) is 12.1 Å². The van der Waals surface area contributed by atoms with E-state index in [2.05, 4.69) is 0 Å². The SMILES string of the molecule is Fc1ccc(CC2COCCC2Cl)cc1Cl. The highest BCUT2D eigenvalue weighted by Crippen LogP contribution is 2.25. The van der Waals surface area contributed by atoms with E-state index >= 15 is 0 Å². The summed E-state index contributed by atoms with van der Waals surface area (Å²) in [5.74, 6) is -0.0929. The molecule has 0 bridgehead atoms. The summed E-state index contributed by atoms with van der Waals surface area (Å²) in [7, 11) is 0. The van der Waals surface area contributed by atoms with Crippen molar-refractivity contribution in [2.45, 2.75) is 18.2 Å². The van der Waals surface area contributed by atoms with Crippen molar-refractivity contribution in [1.82, 2.24) is 0 Å². The Morgan fingerprint density at radius 3 is 2.94 bits per heavy atom. The largest absolute Gasteiger partial charge is 0.381 e. The predicted molar refractivity (Wildman–Crippen MR) is 63.7 cm³/mol. The second-order valence-corrected chi connectivity index (χ2v) is 5.06. The fraction of sp³-hybridized carbons (Fsp3) is 0.500. The number of hydrogen-bond donors (Lipinski definition) is 0. The van der Waals surface area contributed by atoms with E-state index in [0.29, 0.717) is 6.61 Å². The third-order valence-corrected chi connectivity index (χ3v) is 3.73. The summed E-state index contributed by atoms with van der Waals surface area (Å²) in [6.45, 7) is 1.40. The van der Waals surface area contributed by atoms with Gasteiger partial charge in [0.1, 0.15) is 5.82 Å². The standard InChI is InChI=1S/C12H13Cl2FO/c13-10-3-4-16-7-9(10)5-8-1-2-12(15)11(14)6-8/h1-2,6,9-10H,3-5,7H2. The zero-order valence-corrected chi connectivity index (χ0v) is 10.3. The second kappa shape index (κ2) is 5.35. The molecule has 0 N–H and O–H groups in total. The number of halogens is 3. The average molecular weight is 263 g/mol. The van der Waals surface area contributed by atoms with Crippen LogP contribution in [0, 0.1) is 11.7 Å². The minimum Gasteiger partial charge on any atom is -0.381 e. The Kier molecular flexibility index (Phi) is 4.06. The van der Waals surface area contributed by atoms with Crippen LogP contribution in [-0.4, -0.2) is 18.6 Å². The molecule has 2 atom stereocenters. The first-order valence-electron chi connectivity index (χ1n) is 5.32. The molecule has 1 fully saturated rings. The van der Waals surface area contributed by atoms with Crippen LogP contribution in [0.4, 0.5) is 4.39 Å². The Morgan fingerprint density at radius 2 is 2.25 bits per heavy atom. The lowest BCUT2D eigenvalue weighted by atomic mass is 9.94. The zero-order chi connectivity index (χ0) is 11.5.